The van der Waals surface area contributed by atoms with E-state index >= 15 is 0 Å². The average Bonchev–Trinajstić information content (AvgIpc) is 2.16. The molecule has 1 rings (SSSR count). The Morgan fingerprint density at radius 1 is 1.67 bits per heavy atom. The number of nitriles is 1. The second-order valence-electron chi connectivity index (χ2n) is 2.46. The maximum atomic E-state index is 12.3. The number of pyridine rings is 1. The number of halogens is 3. The van der Waals surface area contributed by atoms with Crippen LogP contribution in [0.4, 0.5) is 8.78 Å². The lowest BCUT2D eigenvalue weighted by atomic mass is 10.1. The maximum Gasteiger partial charge on any atom is 0.338 e. The molecule has 1 aromatic heterocycles. The Labute approximate surface area is 91.3 Å². The van der Waals surface area contributed by atoms with E-state index in [1.54, 1.807) is 0 Å². The van der Waals surface area contributed by atoms with Gasteiger partial charge in [0.05, 0.1) is 15.6 Å². The van der Waals surface area contributed by atoms with Gasteiger partial charge in [0.15, 0.2) is 0 Å². The van der Waals surface area contributed by atoms with Crippen LogP contribution < -0.4 is 0 Å². The molecule has 0 radical (unpaired) electrons. The normalized spacial score (nSPS) is 10.1. The molecule has 0 atom stereocenters. The van der Waals surface area contributed by atoms with Crippen molar-refractivity contribution in [3.05, 3.63) is 27.5 Å². The number of carboxylic acids is 1. The molecule has 78 valence electrons. The monoisotopic (exact) mass is 276 g/mol. The van der Waals surface area contributed by atoms with Crippen molar-refractivity contribution in [2.45, 2.75) is 6.43 Å². The summed E-state index contributed by atoms with van der Waals surface area (Å²) in [6.45, 7) is 0. The van der Waals surface area contributed by atoms with Gasteiger partial charge in [-0.15, -0.1) is 0 Å². The highest BCUT2D eigenvalue weighted by molar-refractivity contribution is 9.10. The first-order valence-electron chi connectivity index (χ1n) is 3.59. The summed E-state index contributed by atoms with van der Waals surface area (Å²) in [5.41, 5.74) is -1.50. The summed E-state index contributed by atoms with van der Waals surface area (Å²) in [6, 6.07) is 1.49. The zero-order chi connectivity index (χ0) is 11.6. The van der Waals surface area contributed by atoms with Crippen molar-refractivity contribution in [2.24, 2.45) is 0 Å². The van der Waals surface area contributed by atoms with Gasteiger partial charge in [-0.05, 0) is 15.9 Å². The van der Waals surface area contributed by atoms with Crippen molar-refractivity contribution in [1.29, 1.82) is 5.26 Å². The summed E-state index contributed by atoms with van der Waals surface area (Å²) in [5, 5.41) is 17.3. The van der Waals surface area contributed by atoms with Crippen molar-refractivity contribution < 1.29 is 18.7 Å². The topological polar surface area (TPSA) is 74.0 Å². The van der Waals surface area contributed by atoms with Crippen LogP contribution in [0.15, 0.2) is 10.7 Å². The lowest BCUT2D eigenvalue weighted by molar-refractivity contribution is 0.0694. The molecule has 15 heavy (non-hydrogen) atoms. The van der Waals surface area contributed by atoms with Crippen molar-refractivity contribution in [1.82, 2.24) is 4.98 Å². The number of rotatable bonds is 2. The van der Waals surface area contributed by atoms with Crippen LogP contribution in [0.3, 0.4) is 0 Å². The molecule has 1 heterocycles. The zero-order valence-electron chi connectivity index (χ0n) is 7.04. The standard InChI is InChI=1S/C8H3BrF2N2O2/c9-5-3(1-12)6(7(10)11)13-2-4(5)8(14)15/h2,7H,(H,14,15). The summed E-state index contributed by atoms with van der Waals surface area (Å²) in [4.78, 5) is 13.9. The van der Waals surface area contributed by atoms with Crippen LogP contribution in [0.1, 0.15) is 28.0 Å². The molecule has 0 saturated carbocycles. The van der Waals surface area contributed by atoms with Crippen molar-refractivity contribution in [2.75, 3.05) is 0 Å². The quantitative estimate of drug-likeness (QED) is 0.900. The summed E-state index contributed by atoms with van der Waals surface area (Å²) in [5.74, 6) is -1.34. The molecule has 0 amide bonds. The lowest BCUT2D eigenvalue weighted by Gasteiger charge is -2.05. The molecule has 7 heteroatoms. The third kappa shape index (κ3) is 2.10. The van der Waals surface area contributed by atoms with E-state index in [-0.39, 0.29) is 10.0 Å². The van der Waals surface area contributed by atoms with Gasteiger partial charge in [0.2, 0.25) is 0 Å². The van der Waals surface area contributed by atoms with Crippen molar-refractivity contribution >= 4 is 21.9 Å². The molecule has 0 bridgehead atoms. The number of aromatic carboxylic acids is 1. The minimum absolute atomic E-state index is 0.178. The molecule has 0 spiro atoms. The van der Waals surface area contributed by atoms with Crippen LogP contribution in [-0.4, -0.2) is 16.1 Å². The zero-order valence-corrected chi connectivity index (χ0v) is 8.62. The van der Waals surface area contributed by atoms with E-state index < -0.39 is 23.7 Å². The Balaban J connectivity index is 3.48. The lowest BCUT2D eigenvalue weighted by Crippen LogP contribution is -2.05. The van der Waals surface area contributed by atoms with Crippen LogP contribution in [0, 0.1) is 11.3 Å². The molecular formula is C8H3BrF2N2O2. The second-order valence-corrected chi connectivity index (χ2v) is 3.26. The Hall–Kier alpha value is -1.55. The van der Waals surface area contributed by atoms with E-state index in [1.807, 2.05) is 0 Å². The maximum absolute atomic E-state index is 12.3. The predicted octanol–water partition coefficient (Wildman–Crippen LogP) is 2.35. The van der Waals surface area contributed by atoms with E-state index in [4.69, 9.17) is 10.4 Å². The first-order chi connectivity index (χ1) is 6.99. The number of nitrogens with zero attached hydrogens (tertiary/aromatic N) is 2. The van der Waals surface area contributed by atoms with E-state index in [0.717, 1.165) is 6.20 Å². The summed E-state index contributed by atoms with van der Waals surface area (Å²) < 4.78 is 24.5. The minimum atomic E-state index is -2.92. The van der Waals surface area contributed by atoms with E-state index in [1.165, 1.54) is 6.07 Å². The molecular weight excluding hydrogens is 274 g/mol. The third-order valence-electron chi connectivity index (χ3n) is 1.59. The summed E-state index contributed by atoms with van der Waals surface area (Å²) in [6.07, 6.45) is -2.13. The highest BCUT2D eigenvalue weighted by Crippen LogP contribution is 2.28. The largest absolute Gasteiger partial charge is 0.478 e. The Morgan fingerprint density at radius 2 is 2.27 bits per heavy atom. The van der Waals surface area contributed by atoms with E-state index in [0.29, 0.717) is 0 Å². The van der Waals surface area contributed by atoms with Gasteiger partial charge in [0.25, 0.3) is 6.43 Å². The van der Waals surface area contributed by atoms with Gasteiger partial charge in [0.1, 0.15) is 11.8 Å². The molecule has 0 aliphatic carbocycles. The Kier molecular flexibility index (Phi) is 3.31. The highest BCUT2D eigenvalue weighted by atomic mass is 79.9. The number of carbonyl (C=O) groups is 1. The van der Waals surface area contributed by atoms with Crippen LogP contribution in [0.25, 0.3) is 0 Å². The van der Waals surface area contributed by atoms with Gasteiger partial charge in [-0.25, -0.2) is 13.6 Å². The molecule has 4 nitrogen and oxygen atoms in total. The van der Waals surface area contributed by atoms with Gasteiger partial charge in [-0.1, -0.05) is 0 Å². The van der Waals surface area contributed by atoms with Crippen LogP contribution >= 0.6 is 15.9 Å². The fourth-order valence-corrected chi connectivity index (χ4v) is 1.49. The number of hydrogen-bond acceptors (Lipinski definition) is 3. The first-order valence-corrected chi connectivity index (χ1v) is 4.38. The SMILES string of the molecule is N#Cc1c(C(F)F)ncc(C(=O)O)c1Br. The van der Waals surface area contributed by atoms with Gasteiger partial charge in [0, 0.05) is 6.20 Å². The molecule has 0 aliphatic rings. The molecule has 1 N–H and O–H groups in total. The van der Waals surface area contributed by atoms with Gasteiger partial charge in [-0.3, -0.25) is 4.98 Å². The molecule has 0 saturated heterocycles. The minimum Gasteiger partial charge on any atom is -0.478 e. The predicted molar refractivity (Wildman–Crippen MR) is 48.6 cm³/mol. The van der Waals surface area contributed by atoms with Crippen LogP contribution in [0.5, 0.6) is 0 Å². The van der Waals surface area contributed by atoms with Crippen molar-refractivity contribution in [3.8, 4) is 6.07 Å². The highest BCUT2D eigenvalue weighted by Gasteiger charge is 2.21. The number of alkyl halides is 2. The first kappa shape index (κ1) is 11.5. The van der Waals surface area contributed by atoms with Crippen LogP contribution in [0.2, 0.25) is 0 Å². The summed E-state index contributed by atoms with van der Waals surface area (Å²) >= 11 is 2.78. The third-order valence-corrected chi connectivity index (χ3v) is 2.42. The smallest absolute Gasteiger partial charge is 0.338 e. The molecule has 0 aromatic carbocycles. The number of aromatic nitrogens is 1. The molecule has 1 aromatic rings. The Bertz CT molecular complexity index is 457. The fourth-order valence-electron chi connectivity index (χ4n) is 0.923. The van der Waals surface area contributed by atoms with Gasteiger partial charge >= 0.3 is 5.97 Å². The molecule has 0 fully saturated rings. The van der Waals surface area contributed by atoms with Crippen LogP contribution in [-0.2, 0) is 0 Å². The van der Waals surface area contributed by atoms with Gasteiger partial charge < -0.3 is 5.11 Å². The second kappa shape index (κ2) is 4.31. The van der Waals surface area contributed by atoms with E-state index in [2.05, 4.69) is 20.9 Å². The van der Waals surface area contributed by atoms with Gasteiger partial charge in [-0.2, -0.15) is 5.26 Å². The Morgan fingerprint density at radius 3 is 2.67 bits per heavy atom. The average molecular weight is 277 g/mol. The summed E-state index contributed by atoms with van der Waals surface area (Å²) in [7, 11) is 0. The number of hydrogen-bond donors (Lipinski definition) is 1. The number of carboxylic acid groups (broad SMARTS) is 1. The fraction of sp³-hybridized carbons (Fsp3) is 0.125. The van der Waals surface area contributed by atoms with E-state index in [9.17, 15) is 13.6 Å². The molecule has 0 unspecified atom stereocenters. The molecule has 0 aliphatic heterocycles. The van der Waals surface area contributed by atoms with Crippen molar-refractivity contribution in [3.63, 3.8) is 0 Å².